The highest BCUT2D eigenvalue weighted by Gasteiger charge is 2.22. The average molecular weight is 901 g/mol. The molecular formula is C58H56N6O4. The number of benzene rings is 7. The molecule has 2 unspecified atom stereocenters. The minimum absolute atomic E-state index is 0.149. The molecular weight excluding hydrogens is 845 g/mol. The molecule has 0 fully saturated rings. The number of aryl methyl sites for hydroxylation is 1. The highest BCUT2D eigenvalue weighted by atomic mass is 16.5. The molecule has 2 atom stereocenters. The maximum atomic E-state index is 11.4. The van der Waals surface area contributed by atoms with Gasteiger partial charge in [0.2, 0.25) is 0 Å². The molecule has 4 heterocycles. The summed E-state index contributed by atoms with van der Waals surface area (Å²) in [5, 5.41) is 28.2. The van der Waals surface area contributed by atoms with Gasteiger partial charge in [-0.2, -0.15) is 5.10 Å². The van der Waals surface area contributed by atoms with Gasteiger partial charge in [-0.05, 0) is 117 Å². The largest absolute Gasteiger partial charge is 0.491 e. The third-order valence-electron chi connectivity index (χ3n) is 13.6. The lowest BCUT2D eigenvalue weighted by Crippen LogP contribution is -2.38. The summed E-state index contributed by atoms with van der Waals surface area (Å²) < 4.78 is 17.0. The lowest BCUT2D eigenvalue weighted by molar-refractivity contribution is 0.0637. The van der Waals surface area contributed by atoms with E-state index in [1.54, 1.807) is 0 Å². The van der Waals surface area contributed by atoms with Crippen LogP contribution in [0.5, 0.6) is 11.5 Å². The van der Waals surface area contributed by atoms with Gasteiger partial charge in [-0.3, -0.25) is 14.5 Å². The molecule has 0 saturated heterocycles. The topological polar surface area (TPSA) is 101 Å². The molecule has 7 aromatic carbocycles. The van der Waals surface area contributed by atoms with Crippen molar-refractivity contribution in [3.63, 3.8) is 0 Å². The van der Waals surface area contributed by atoms with Crippen LogP contribution in [0.2, 0.25) is 0 Å². The van der Waals surface area contributed by atoms with Gasteiger partial charge in [0.15, 0.2) is 0 Å². The van der Waals surface area contributed by atoms with E-state index < -0.39 is 12.2 Å². The van der Waals surface area contributed by atoms with Gasteiger partial charge in [0, 0.05) is 63.8 Å². The summed E-state index contributed by atoms with van der Waals surface area (Å²) in [7, 11) is 1.96. The zero-order valence-corrected chi connectivity index (χ0v) is 38.4. The number of aliphatic hydroxyl groups excluding tert-OH is 2. The molecule has 0 radical (unpaired) electrons. The van der Waals surface area contributed by atoms with Crippen molar-refractivity contribution in [2.24, 2.45) is 7.05 Å². The normalized spacial score (nSPS) is 15.0. The first kappa shape index (κ1) is 43.5. The molecule has 2 N–H and O–H groups in total. The standard InChI is InChI=1S/C58H56N6O4/c1-61-56-29-44(18-19-45(56)31-60-61)48-24-50(27-54(26-48)68-38-52(66)36-63-23-21-42-13-6-8-15-47(42)34-63)55-28-49(30-57-58(55)59-39-64(57)32-40-10-3-2-4-11-40)43-16-9-17-53(25-43)67-37-51(65)35-62-22-20-41-12-5-7-14-46(41)33-62/h2-19,24-31,39,51-52,65-66H,20-23,32-38H2,1H3. The highest BCUT2D eigenvalue weighted by Crippen LogP contribution is 2.39. The second-order valence-corrected chi connectivity index (χ2v) is 18.5. The summed E-state index contributed by atoms with van der Waals surface area (Å²) in [6, 6.07) is 52.9. The number of fused-ring (bicyclic) bond motifs is 4. The third kappa shape index (κ3) is 9.54. The Morgan fingerprint density at radius 1 is 0.559 bits per heavy atom. The highest BCUT2D eigenvalue weighted by molar-refractivity contribution is 5.97. The van der Waals surface area contributed by atoms with Crippen molar-refractivity contribution in [1.82, 2.24) is 29.1 Å². The van der Waals surface area contributed by atoms with Gasteiger partial charge in [-0.25, -0.2) is 4.98 Å². The van der Waals surface area contributed by atoms with Crippen LogP contribution in [0.1, 0.15) is 27.8 Å². The molecule has 11 rings (SSSR count). The predicted molar refractivity (Wildman–Crippen MR) is 270 cm³/mol. The number of nitrogens with zero attached hydrogens (tertiary/aromatic N) is 6. The minimum atomic E-state index is -0.681. The number of β-amino-alcohol motifs (C(OH)–C–C–N with tert-alkyl or cyclic N) is 2. The molecule has 0 aliphatic carbocycles. The Kier molecular flexibility index (Phi) is 12.3. The lowest BCUT2D eigenvalue weighted by atomic mass is 9.94. The van der Waals surface area contributed by atoms with Crippen molar-refractivity contribution < 1.29 is 19.7 Å². The molecule has 0 amide bonds. The Labute approximate surface area is 397 Å². The van der Waals surface area contributed by atoms with Gasteiger partial charge in [0.1, 0.15) is 36.9 Å². The molecule has 0 bridgehead atoms. The minimum Gasteiger partial charge on any atom is -0.491 e. The number of aliphatic hydroxyl groups is 2. The fraction of sp³-hybridized carbons (Fsp3) is 0.241. The van der Waals surface area contributed by atoms with Crippen LogP contribution in [-0.4, -0.2) is 90.9 Å². The van der Waals surface area contributed by atoms with E-state index in [1.165, 1.54) is 27.8 Å². The van der Waals surface area contributed by atoms with Gasteiger partial charge < -0.3 is 24.3 Å². The summed E-state index contributed by atoms with van der Waals surface area (Å²) in [4.78, 5) is 9.71. The van der Waals surface area contributed by atoms with Crippen LogP contribution < -0.4 is 9.47 Å². The average Bonchev–Trinajstić information content (AvgIpc) is 3.96. The Morgan fingerprint density at radius 3 is 1.88 bits per heavy atom. The molecule has 2 aliphatic heterocycles. The van der Waals surface area contributed by atoms with E-state index >= 15 is 0 Å². The number of ether oxygens (including phenoxy) is 2. The van der Waals surface area contributed by atoms with Crippen LogP contribution in [0.4, 0.5) is 0 Å². The first-order chi connectivity index (χ1) is 33.3. The van der Waals surface area contributed by atoms with Gasteiger partial charge in [-0.15, -0.1) is 0 Å². The van der Waals surface area contributed by atoms with Crippen LogP contribution in [0.3, 0.4) is 0 Å². The molecule has 2 aliphatic rings. The predicted octanol–water partition coefficient (Wildman–Crippen LogP) is 9.57. The second-order valence-electron chi connectivity index (χ2n) is 18.5. The maximum Gasteiger partial charge on any atom is 0.120 e. The monoisotopic (exact) mass is 900 g/mol. The van der Waals surface area contributed by atoms with Gasteiger partial charge in [0.25, 0.3) is 0 Å². The fourth-order valence-corrected chi connectivity index (χ4v) is 10.1. The molecule has 0 saturated carbocycles. The van der Waals surface area contributed by atoms with Crippen molar-refractivity contribution >= 4 is 21.9 Å². The Morgan fingerprint density at radius 2 is 1.16 bits per heavy atom. The van der Waals surface area contributed by atoms with E-state index in [0.717, 1.165) is 94.3 Å². The van der Waals surface area contributed by atoms with E-state index in [1.807, 2.05) is 42.5 Å². The van der Waals surface area contributed by atoms with E-state index in [2.05, 4.69) is 153 Å². The van der Waals surface area contributed by atoms with Gasteiger partial charge >= 0.3 is 0 Å². The smallest absolute Gasteiger partial charge is 0.120 e. The summed E-state index contributed by atoms with van der Waals surface area (Å²) in [6.07, 6.45) is 4.46. The van der Waals surface area contributed by atoms with Crippen molar-refractivity contribution in [2.75, 3.05) is 39.4 Å². The first-order valence-electron chi connectivity index (χ1n) is 23.8. The van der Waals surface area contributed by atoms with Crippen LogP contribution >= 0.6 is 0 Å². The van der Waals surface area contributed by atoms with Crippen molar-refractivity contribution in [1.29, 1.82) is 0 Å². The molecule has 10 nitrogen and oxygen atoms in total. The van der Waals surface area contributed by atoms with Crippen LogP contribution in [0.25, 0.3) is 55.3 Å². The first-order valence-corrected chi connectivity index (χ1v) is 23.8. The Bertz CT molecular complexity index is 3220. The lowest BCUT2D eigenvalue weighted by Gasteiger charge is -2.30. The van der Waals surface area contributed by atoms with Crippen molar-refractivity contribution in [2.45, 2.75) is 44.7 Å². The summed E-state index contributed by atoms with van der Waals surface area (Å²) in [5.74, 6) is 1.36. The molecule has 68 heavy (non-hydrogen) atoms. The van der Waals surface area contributed by atoms with Gasteiger partial charge in [-0.1, -0.05) is 103 Å². The summed E-state index contributed by atoms with van der Waals surface area (Å²) >= 11 is 0. The Balaban J connectivity index is 0.916. The maximum absolute atomic E-state index is 11.4. The fourth-order valence-electron chi connectivity index (χ4n) is 10.1. The summed E-state index contributed by atoms with van der Waals surface area (Å²) in [5.41, 5.74) is 15.4. The van der Waals surface area contributed by atoms with E-state index in [0.29, 0.717) is 31.1 Å². The molecule has 10 heteroatoms. The Hall–Kier alpha value is -7.08. The number of aromatic nitrogens is 4. The number of hydrogen-bond acceptors (Lipinski definition) is 8. The van der Waals surface area contributed by atoms with E-state index in [4.69, 9.17) is 14.5 Å². The van der Waals surface area contributed by atoms with Crippen LogP contribution in [0.15, 0.2) is 164 Å². The molecule has 2 aromatic heterocycles. The molecule has 9 aromatic rings. The van der Waals surface area contributed by atoms with Crippen molar-refractivity contribution in [3.8, 4) is 44.9 Å². The summed E-state index contributed by atoms with van der Waals surface area (Å²) in [6.45, 7) is 5.54. The third-order valence-corrected chi connectivity index (χ3v) is 13.6. The van der Waals surface area contributed by atoms with Crippen LogP contribution in [-0.2, 0) is 39.5 Å². The number of hydrogen-bond donors (Lipinski definition) is 2. The SMILES string of the molecule is Cn1ncc2ccc(-c3cc(OCC(O)CN4CCc5ccccc5C4)cc(-c4cc(-c5cccc(OCC(O)CN6CCc7ccccc7C6)c5)cc5c4ncn5Cc4ccccc4)c3)cc21. The van der Waals surface area contributed by atoms with Gasteiger partial charge in [0.05, 0.1) is 29.1 Å². The zero-order chi connectivity index (χ0) is 46.0. The molecule has 0 spiro atoms. The van der Waals surface area contributed by atoms with E-state index in [9.17, 15) is 10.2 Å². The quantitative estimate of drug-likeness (QED) is 0.105. The van der Waals surface area contributed by atoms with Crippen molar-refractivity contribution in [3.05, 3.63) is 192 Å². The van der Waals surface area contributed by atoms with Crippen LogP contribution in [0, 0.1) is 0 Å². The second kappa shape index (κ2) is 19.3. The molecule has 342 valence electrons. The van der Waals surface area contributed by atoms with E-state index in [-0.39, 0.29) is 13.2 Å². The number of rotatable bonds is 15. The zero-order valence-electron chi connectivity index (χ0n) is 38.4. The number of imidazole rings is 1.